The van der Waals surface area contributed by atoms with Crippen LogP contribution in [0.4, 0.5) is 0 Å². The molecule has 4 nitrogen and oxygen atoms in total. The van der Waals surface area contributed by atoms with Crippen LogP contribution < -0.4 is 15.8 Å². The van der Waals surface area contributed by atoms with E-state index in [4.69, 9.17) is 10.5 Å². The van der Waals surface area contributed by atoms with E-state index in [1.54, 1.807) is 0 Å². The highest BCUT2D eigenvalue weighted by Crippen LogP contribution is 2.25. The van der Waals surface area contributed by atoms with Crippen molar-refractivity contribution >= 4 is 5.91 Å². The number of nitrogens with two attached hydrogens (primary N) is 1. The second-order valence-corrected chi connectivity index (χ2v) is 4.89. The third-order valence-electron chi connectivity index (χ3n) is 2.73. The Bertz CT molecular complexity index is 405. The number of rotatable bonds is 7. The first-order chi connectivity index (χ1) is 9.04. The standard InChI is InChI=1S/C15H24N2O2/c1-11(2)19-14-8-5-4-7-13(14)12(3)17-15(18)9-6-10-16/h4-5,7-8,11-12H,6,9-10,16H2,1-3H3,(H,17,18). The summed E-state index contributed by atoms with van der Waals surface area (Å²) < 4.78 is 5.76. The zero-order chi connectivity index (χ0) is 14.3. The average molecular weight is 264 g/mol. The van der Waals surface area contributed by atoms with Crippen molar-refractivity contribution in [3.8, 4) is 5.75 Å². The molecule has 0 spiro atoms. The second-order valence-electron chi connectivity index (χ2n) is 4.89. The van der Waals surface area contributed by atoms with Gasteiger partial charge in [-0.3, -0.25) is 4.79 Å². The molecule has 0 heterocycles. The van der Waals surface area contributed by atoms with E-state index in [2.05, 4.69) is 5.32 Å². The fraction of sp³-hybridized carbons (Fsp3) is 0.533. The largest absolute Gasteiger partial charge is 0.491 e. The molecule has 3 N–H and O–H groups in total. The summed E-state index contributed by atoms with van der Waals surface area (Å²) in [5, 5.41) is 2.97. The van der Waals surface area contributed by atoms with E-state index in [9.17, 15) is 4.79 Å². The molecule has 0 radical (unpaired) electrons. The first-order valence-corrected chi connectivity index (χ1v) is 6.79. The molecule has 0 aliphatic heterocycles. The van der Waals surface area contributed by atoms with Gasteiger partial charge in [0.05, 0.1) is 12.1 Å². The van der Waals surface area contributed by atoms with E-state index in [0.29, 0.717) is 19.4 Å². The van der Waals surface area contributed by atoms with Crippen LogP contribution in [0.15, 0.2) is 24.3 Å². The maximum atomic E-state index is 11.7. The van der Waals surface area contributed by atoms with E-state index in [0.717, 1.165) is 11.3 Å². The molecule has 0 bridgehead atoms. The SMILES string of the molecule is CC(C)Oc1ccccc1C(C)NC(=O)CCCN. The van der Waals surface area contributed by atoms with Crippen LogP contribution in [0.2, 0.25) is 0 Å². The molecule has 0 saturated carbocycles. The number of hydrogen-bond donors (Lipinski definition) is 2. The van der Waals surface area contributed by atoms with Crippen molar-refractivity contribution in [1.82, 2.24) is 5.32 Å². The van der Waals surface area contributed by atoms with E-state index in [-0.39, 0.29) is 18.1 Å². The number of nitrogens with one attached hydrogen (secondary N) is 1. The molecule has 0 aromatic heterocycles. The zero-order valence-corrected chi connectivity index (χ0v) is 12.0. The smallest absolute Gasteiger partial charge is 0.220 e. The van der Waals surface area contributed by atoms with Gasteiger partial charge < -0.3 is 15.8 Å². The lowest BCUT2D eigenvalue weighted by Crippen LogP contribution is -2.27. The molecule has 1 aromatic carbocycles. The maximum absolute atomic E-state index is 11.7. The Morgan fingerprint density at radius 3 is 2.63 bits per heavy atom. The Kier molecular flexibility index (Phi) is 6.36. The summed E-state index contributed by atoms with van der Waals surface area (Å²) in [6, 6.07) is 7.72. The lowest BCUT2D eigenvalue weighted by atomic mass is 10.1. The van der Waals surface area contributed by atoms with E-state index >= 15 is 0 Å². The van der Waals surface area contributed by atoms with Crippen molar-refractivity contribution in [3.63, 3.8) is 0 Å². The molecule has 0 fully saturated rings. The van der Waals surface area contributed by atoms with Gasteiger partial charge in [0.15, 0.2) is 0 Å². The summed E-state index contributed by atoms with van der Waals surface area (Å²) in [6.45, 7) is 6.47. The summed E-state index contributed by atoms with van der Waals surface area (Å²) in [5.74, 6) is 0.849. The molecule has 1 atom stereocenters. The quantitative estimate of drug-likeness (QED) is 0.794. The molecule has 4 heteroatoms. The van der Waals surface area contributed by atoms with Crippen LogP contribution in [-0.4, -0.2) is 18.6 Å². The average Bonchev–Trinajstić information content (AvgIpc) is 2.36. The van der Waals surface area contributed by atoms with E-state index in [1.165, 1.54) is 0 Å². The molecule has 0 aliphatic carbocycles. The van der Waals surface area contributed by atoms with Gasteiger partial charge in [-0.25, -0.2) is 0 Å². The van der Waals surface area contributed by atoms with Crippen molar-refractivity contribution in [3.05, 3.63) is 29.8 Å². The van der Waals surface area contributed by atoms with Gasteiger partial charge in [0.2, 0.25) is 5.91 Å². The fourth-order valence-corrected chi connectivity index (χ4v) is 1.85. The zero-order valence-electron chi connectivity index (χ0n) is 12.0. The molecule has 1 aromatic rings. The molecule has 1 unspecified atom stereocenters. The molecule has 1 amide bonds. The number of carbonyl (C=O) groups excluding carboxylic acids is 1. The van der Waals surface area contributed by atoms with Crippen molar-refractivity contribution < 1.29 is 9.53 Å². The lowest BCUT2D eigenvalue weighted by Gasteiger charge is -2.19. The Morgan fingerprint density at radius 1 is 1.32 bits per heavy atom. The van der Waals surface area contributed by atoms with Gasteiger partial charge in [0.1, 0.15) is 5.75 Å². The molecule has 106 valence electrons. The number of para-hydroxylation sites is 1. The van der Waals surface area contributed by atoms with Crippen molar-refractivity contribution in [2.75, 3.05) is 6.54 Å². The summed E-state index contributed by atoms with van der Waals surface area (Å²) in [5.41, 5.74) is 6.40. The van der Waals surface area contributed by atoms with Gasteiger partial charge in [0.25, 0.3) is 0 Å². The van der Waals surface area contributed by atoms with Crippen LogP contribution >= 0.6 is 0 Å². The minimum Gasteiger partial charge on any atom is -0.491 e. The second kappa shape index (κ2) is 7.79. The number of hydrogen-bond acceptors (Lipinski definition) is 3. The molecular formula is C15H24N2O2. The molecule has 0 saturated heterocycles. The Labute approximate surface area is 115 Å². The number of carbonyl (C=O) groups is 1. The predicted octanol–water partition coefficient (Wildman–Crippen LogP) is 2.39. The summed E-state index contributed by atoms with van der Waals surface area (Å²) >= 11 is 0. The van der Waals surface area contributed by atoms with Gasteiger partial charge in [-0.15, -0.1) is 0 Å². The highest BCUT2D eigenvalue weighted by molar-refractivity contribution is 5.76. The minimum absolute atomic E-state index is 0.0253. The van der Waals surface area contributed by atoms with Crippen molar-refractivity contribution in [1.29, 1.82) is 0 Å². The summed E-state index contributed by atoms with van der Waals surface area (Å²) in [4.78, 5) is 11.7. The number of benzene rings is 1. The van der Waals surface area contributed by atoms with Crippen LogP contribution in [0.5, 0.6) is 5.75 Å². The van der Waals surface area contributed by atoms with E-state index in [1.807, 2.05) is 45.0 Å². The Balaban J connectivity index is 2.70. The van der Waals surface area contributed by atoms with E-state index < -0.39 is 0 Å². The van der Waals surface area contributed by atoms with Crippen LogP contribution in [0, 0.1) is 0 Å². The van der Waals surface area contributed by atoms with Gasteiger partial charge in [0, 0.05) is 12.0 Å². The predicted molar refractivity (Wildman–Crippen MR) is 77.1 cm³/mol. The molecule has 1 rings (SSSR count). The highest BCUT2D eigenvalue weighted by atomic mass is 16.5. The fourth-order valence-electron chi connectivity index (χ4n) is 1.85. The number of amides is 1. The van der Waals surface area contributed by atoms with Crippen LogP contribution in [-0.2, 0) is 4.79 Å². The van der Waals surface area contributed by atoms with Crippen molar-refractivity contribution in [2.24, 2.45) is 5.73 Å². The van der Waals surface area contributed by atoms with Gasteiger partial charge in [-0.1, -0.05) is 18.2 Å². The third kappa shape index (κ3) is 5.30. The minimum atomic E-state index is -0.0692. The lowest BCUT2D eigenvalue weighted by molar-refractivity contribution is -0.121. The number of ether oxygens (including phenoxy) is 1. The van der Waals surface area contributed by atoms with Crippen LogP contribution in [0.25, 0.3) is 0 Å². The van der Waals surface area contributed by atoms with Crippen molar-refractivity contribution in [2.45, 2.75) is 45.8 Å². The van der Waals surface area contributed by atoms with Gasteiger partial charge >= 0.3 is 0 Å². The van der Waals surface area contributed by atoms with Gasteiger partial charge in [-0.05, 0) is 39.8 Å². The molecule has 0 aliphatic rings. The first kappa shape index (κ1) is 15.5. The molecular weight excluding hydrogens is 240 g/mol. The van der Waals surface area contributed by atoms with Crippen LogP contribution in [0.3, 0.4) is 0 Å². The Morgan fingerprint density at radius 2 is 2.00 bits per heavy atom. The normalized spacial score (nSPS) is 12.3. The monoisotopic (exact) mass is 264 g/mol. The topological polar surface area (TPSA) is 64.3 Å². The Hall–Kier alpha value is -1.55. The third-order valence-corrected chi connectivity index (χ3v) is 2.73. The highest BCUT2D eigenvalue weighted by Gasteiger charge is 2.14. The van der Waals surface area contributed by atoms with Gasteiger partial charge in [-0.2, -0.15) is 0 Å². The summed E-state index contributed by atoms with van der Waals surface area (Å²) in [7, 11) is 0. The maximum Gasteiger partial charge on any atom is 0.220 e. The summed E-state index contributed by atoms with van der Waals surface area (Å²) in [6.07, 6.45) is 1.29. The first-order valence-electron chi connectivity index (χ1n) is 6.79. The molecule has 19 heavy (non-hydrogen) atoms. The van der Waals surface area contributed by atoms with Crippen LogP contribution in [0.1, 0.15) is 45.2 Å².